The SMILES string of the molecule is Cc1nnc(NCCC2CCOC2)c(C#N)c1C. The van der Waals surface area contributed by atoms with Crippen LogP contribution in [0.15, 0.2) is 0 Å². The number of nitrogens with zero attached hydrogens (tertiary/aromatic N) is 3. The van der Waals surface area contributed by atoms with Gasteiger partial charge < -0.3 is 10.1 Å². The summed E-state index contributed by atoms with van der Waals surface area (Å²) >= 11 is 0. The van der Waals surface area contributed by atoms with Gasteiger partial charge in [0.1, 0.15) is 11.6 Å². The van der Waals surface area contributed by atoms with Gasteiger partial charge in [-0.15, -0.1) is 5.10 Å². The fourth-order valence-electron chi connectivity index (χ4n) is 2.07. The fourth-order valence-corrected chi connectivity index (χ4v) is 2.07. The number of aryl methyl sites for hydroxylation is 1. The lowest BCUT2D eigenvalue weighted by Gasteiger charge is -2.11. The Morgan fingerprint density at radius 3 is 2.94 bits per heavy atom. The smallest absolute Gasteiger partial charge is 0.166 e. The van der Waals surface area contributed by atoms with Crippen molar-refractivity contribution in [3.63, 3.8) is 0 Å². The van der Waals surface area contributed by atoms with Gasteiger partial charge in [0, 0.05) is 19.8 Å². The molecular weight excluding hydrogens is 228 g/mol. The van der Waals surface area contributed by atoms with E-state index in [1.807, 2.05) is 13.8 Å². The van der Waals surface area contributed by atoms with Crippen LogP contribution in [0.5, 0.6) is 0 Å². The molecule has 1 fully saturated rings. The maximum atomic E-state index is 9.16. The molecule has 1 aromatic heterocycles. The average Bonchev–Trinajstić information content (AvgIpc) is 2.87. The van der Waals surface area contributed by atoms with Crippen molar-refractivity contribution in [3.8, 4) is 6.07 Å². The molecule has 5 heteroatoms. The van der Waals surface area contributed by atoms with Gasteiger partial charge in [0.15, 0.2) is 5.82 Å². The molecular formula is C13H18N4O. The Bertz CT molecular complexity index is 461. The third-order valence-electron chi connectivity index (χ3n) is 3.44. The summed E-state index contributed by atoms with van der Waals surface area (Å²) in [6.45, 7) is 6.30. The molecule has 18 heavy (non-hydrogen) atoms. The van der Waals surface area contributed by atoms with Gasteiger partial charge in [-0.1, -0.05) is 0 Å². The Labute approximate surface area is 107 Å². The second kappa shape index (κ2) is 5.78. The molecule has 2 rings (SSSR count). The zero-order valence-electron chi connectivity index (χ0n) is 10.9. The average molecular weight is 246 g/mol. The lowest BCUT2D eigenvalue weighted by atomic mass is 10.1. The summed E-state index contributed by atoms with van der Waals surface area (Å²) in [5.74, 6) is 1.22. The first-order valence-corrected chi connectivity index (χ1v) is 6.28. The van der Waals surface area contributed by atoms with E-state index in [4.69, 9.17) is 10.00 Å². The minimum absolute atomic E-state index is 0.597. The highest BCUT2D eigenvalue weighted by molar-refractivity contribution is 5.55. The van der Waals surface area contributed by atoms with Crippen molar-refractivity contribution >= 4 is 5.82 Å². The maximum Gasteiger partial charge on any atom is 0.166 e. The quantitative estimate of drug-likeness (QED) is 0.877. The summed E-state index contributed by atoms with van der Waals surface area (Å²) in [4.78, 5) is 0. The monoisotopic (exact) mass is 246 g/mol. The van der Waals surface area contributed by atoms with E-state index in [0.717, 1.165) is 43.9 Å². The molecule has 0 radical (unpaired) electrons. The molecule has 5 nitrogen and oxygen atoms in total. The van der Waals surface area contributed by atoms with E-state index in [1.165, 1.54) is 0 Å². The molecule has 1 aromatic rings. The standard InChI is InChI=1S/C13H18N4O/c1-9-10(2)16-17-13(12(9)7-14)15-5-3-11-4-6-18-8-11/h11H,3-6,8H2,1-2H3,(H,15,17). The Balaban J connectivity index is 1.96. The first kappa shape index (κ1) is 12.8. The van der Waals surface area contributed by atoms with Gasteiger partial charge in [0.25, 0.3) is 0 Å². The van der Waals surface area contributed by atoms with Gasteiger partial charge in [-0.2, -0.15) is 10.4 Å². The molecule has 96 valence electrons. The molecule has 0 bridgehead atoms. The third kappa shape index (κ3) is 2.77. The van der Waals surface area contributed by atoms with Crippen molar-refractivity contribution in [1.82, 2.24) is 10.2 Å². The van der Waals surface area contributed by atoms with E-state index in [0.29, 0.717) is 17.3 Å². The van der Waals surface area contributed by atoms with Gasteiger partial charge >= 0.3 is 0 Å². The van der Waals surface area contributed by atoms with Crippen molar-refractivity contribution in [2.45, 2.75) is 26.7 Å². The normalized spacial score (nSPS) is 18.6. The predicted molar refractivity (Wildman–Crippen MR) is 68.3 cm³/mol. The van der Waals surface area contributed by atoms with E-state index in [9.17, 15) is 0 Å². The molecule has 0 amide bonds. The largest absolute Gasteiger partial charge is 0.381 e. The van der Waals surface area contributed by atoms with Crippen LogP contribution in [0.2, 0.25) is 0 Å². The summed E-state index contributed by atoms with van der Waals surface area (Å²) in [5.41, 5.74) is 2.31. The molecule has 1 aliphatic heterocycles. The van der Waals surface area contributed by atoms with Crippen molar-refractivity contribution in [1.29, 1.82) is 5.26 Å². The summed E-state index contributed by atoms with van der Waals surface area (Å²) < 4.78 is 5.33. The number of aromatic nitrogens is 2. The molecule has 0 saturated carbocycles. The second-order valence-corrected chi connectivity index (χ2v) is 4.69. The van der Waals surface area contributed by atoms with Crippen LogP contribution in [0, 0.1) is 31.1 Å². The molecule has 1 atom stereocenters. The number of nitriles is 1. The van der Waals surface area contributed by atoms with Crippen LogP contribution in [0.3, 0.4) is 0 Å². The molecule has 1 N–H and O–H groups in total. The van der Waals surface area contributed by atoms with Crippen molar-refractivity contribution in [2.75, 3.05) is 25.1 Å². The third-order valence-corrected chi connectivity index (χ3v) is 3.44. The molecule has 1 saturated heterocycles. The maximum absolute atomic E-state index is 9.16. The fraction of sp³-hybridized carbons (Fsp3) is 0.615. The van der Waals surface area contributed by atoms with Crippen LogP contribution < -0.4 is 5.32 Å². The minimum Gasteiger partial charge on any atom is -0.381 e. The number of ether oxygens (including phenoxy) is 1. The Hall–Kier alpha value is -1.67. The number of hydrogen-bond donors (Lipinski definition) is 1. The van der Waals surface area contributed by atoms with E-state index < -0.39 is 0 Å². The molecule has 0 aromatic carbocycles. The van der Waals surface area contributed by atoms with Gasteiger partial charge in [0.05, 0.1) is 5.69 Å². The van der Waals surface area contributed by atoms with Gasteiger partial charge in [-0.05, 0) is 38.2 Å². The van der Waals surface area contributed by atoms with E-state index in [1.54, 1.807) is 0 Å². The van der Waals surface area contributed by atoms with Crippen molar-refractivity contribution in [2.24, 2.45) is 5.92 Å². The highest BCUT2D eigenvalue weighted by Crippen LogP contribution is 2.19. The van der Waals surface area contributed by atoms with Crippen molar-refractivity contribution in [3.05, 3.63) is 16.8 Å². The van der Waals surface area contributed by atoms with E-state index >= 15 is 0 Å². The van der Waals surface area contributed by atoms with Crippen LogP contribution in [0.4, 0.5) is 5.82 Å². The van der Waals surface area contributed by atoms with E-state index in [2.05, 4.69) is 21.6 Å². The summed E-state index contributed by atoms with van der Waals surface area (Å²) in [5, 5.41) is 20.5. The first-order chi connectivity index (χ1) is 8.72. The van der Waals surface area contributed by atoms with Crippen LogP contribution in [0.1, 0.15) is 29.7 Å². The molecule has 0 aliphatic carbocycles. The summed E-state index contributed by atoms with van der Waals surface area (Å²) in [6.07, 6.45) is 2.17. The summed E-state index contributed by atoms with van der Waals surface area (Å²) in [7, 11) is 0. The molecule has 2 heterocycles. The topological polar surface area (TPSA) is 70.8 Å². The van der Waals surface area contributed by atoms with Crippen LogP contribution in [-0.4, -0.2) is 30.0 Å². The minimum atomic E-state index is 0.597. The van der Waals surface area contributed by atoms with Crippen molar-refractivity contribution < 1.29 is 4.74 Å². The van der Waals surface area contributed by atoms with E-state index in [-0.39, 0.29) is 0 Å². The lowest BCUT2D eigenvalue weighted by molar-refractivity contribution is 0.185. The van der Waals surface area contributed by atoms with Gasteiger partial charge in [-0.25, -0.2) is 0 Å². The summed E-state index contributed by atoms with van der Waals surface area (Å²) in [6, 6.07) is 2.19. The van der Waals surface area contributed by atoms with Crippen LogP contribution >= 0.6 is 0 Å². The number of anilines is 1. The van der Waals surface area contributed by atoms with Gasteiger partial charge in [-0.3, -0.25) is 0 Å². The van der Waals surface area contributed by atoms with Crippen LogP contribution in [-0.2, 0) is 4.74 Å². The highest BCUT2D eigenvalue weighted by Gasteiger charge is 2.16. The Morgan fingerprint density at radius 2 is 2.28 bits per heavy atom. The molecule has 1 unspecified atom stereocenters. The molecule has 1 aliphatic rings. The highest BCUT2D eigenvalue weighted by atomic mass is 16.5. The zero-order valence-corrected chi connectivity index (χ0v) is 10.9. The number of rotatable bonds is 4. The second-order valence-electron chi connectivity index (χ2n) is 4.69. The number of hydrogen-bond acceptors (Lipinski definition) is 5. The first-order valence-electron chi connectivity index (χ1n) is 6.28. The van der Waals surface area contributed by atoms with Crippen LogP contribution in [0.25, 0.3) is 0 Å². The number of nitrogens with one attached hydrogen (secondary N) is 1. The Morgan fingerprint density at radius 1 is 1.44 bits per heavy atom. The lowest BCUT2D eigenvalue weighted by Crippen LogP contribution is -2.12. The Kier molecular flexibility index (Phi) is 4.11. The predicted octanol–water partition coefficient (Wildman–Crippen LogP) is 1.80. The van der Waals surface area contributed by atoms with Gasteiger partial charge in [0.2, 0.25) is 0 Å². The molecule has 0 spiro atoms. The zero-order chi connectivity index (χ0) is 13.0.